The molecular formula is C24H22N4O4. The Balaban J connectivity index is 1.53. The van der Waals surface area contributed by atoms with Crippen LogP contribution in [0.5, 0.6) is 5.75 Å². The van der Waals surface area contributed by atoms with E-state index in [1.807, 2.05) is 42.5 Å². The molecule has 0 radical (unpaired) electrons. The van der Waals surface area contributed by atoms with Crippen molar-refractivity contribution in [2.24, 2.45) is 0 Å². The highest BCUT2D eigenvalue weighted by Crippen LogP contribution is 2.29. The molecule has 1 aromatic heterocycles. The Hall–Kier alpha value is -4.17. The zero-order valence-corrected chi connectivity index (χ0v) is 17.4. The third kappa shape index (κ3) is 4.45. The summed E-state index contributed by atoms with van der Waals surface area (Å²) in [7, 11) is 0. The molecule has 0 unspecified atom stereocenters. The Kier molecular flexibility index (Phi) is 6.14. The molecule has 4 N–H and O–H groups in total. The van der Waals surface area contributed by atoms with E-state index in [-0.39, 0.29) is 11.5 Å². The Labute approximate surface area is 184 Å². The number of hydrogen-bond acceptors (Lipinski definition) is 5. The number of hydrogen-bond donors (Lipinski definition) is 4. The minimum absolute atomic E-state index is 0.242. The van der Waals surface area contributed by atoms with E-state index < -0.39 is 5.91 Å². The monoisotopic (exact) mass is 430 g/mol. The maximum absolute atomic E-state index is 12.6. The molecule has 8 nitrogen and oxygen atoms in total. The van der Waals surface area contributed by atoms with Crippen molar-refractivity contribution in [1.82, 2.24) is 15.7 Å². The van der Waals surface area contributed by atoms with Crippen LogP contribution in [0.4, 0.5) is 5.82 Å². The van der Waals surface area contributed by atoms with Crippen LogP contribution >= 0.6 is 0 Å². The van der Waals surface area contributed by atoms with Crippen LogP contribution in [0.2, 0.25) is 0 Å². The normalized spacial score (nSPS) is 10.7. The number of ether oxygens (including phenoxy) is 1. The number of aromatic amines is 1. The molecule has 2 amide bonds. The maximum atomic E-state index is 12.6. The minimum Gasteiger partial charge on any atom is -0.494 e. The average molecular weight is 430 g/mol. The smallest absolute Gasteiger partial charge is 0.274 e. The highest BCUT2D eigenvalue weighted by molar-refractivity contribution is 6.08. The topological polar surface area (TPSA) is 116 Å². The molecule has 0 spiro atoms. The SMILES string of the molecule is CCCOc1cccc(-c2ccc3c(NC(=O)c4ccc(C(=O)NO)cc4)n[nH]c3c2)c1. The van der Waals surface area contributed by atoms with E-state index in [2.05, 4.69) is 22.4 Å². The molecule has 0 aliphatic carbocycles. The van der Waals surface area contributed by atoms with Crippen molar-refractivity contribution in [3.05, 3.63) is 77.9 Å². The van der Waals surface area contributed by atoms with Gasteiger partial charge in [0.05, 0.1) is 12.1 Å². The van der Waals surface area contributed by atoms with E-state index in [9.17, 15) is 9.59 Å². The Morgan fingerprint density at radius 2 is 1.69 bits per heavy atom. The number of nitrogens with one attached hydrogen (secondary N) is 3. The zero-order valence-electron chi connectivity index (χ0n) is 17.4. The first-order valence-corrected chi connectivity index (χ1v) is 10.2. The predicted molar refractivity (Wildman–Crippen MR) is 121 cm³/mol. The highest BCUT2D eigenvalue weighted by atomic mass is 16.5. The standard InChI is InChI=1S/C24H22N4O4/c1-2-12-32-19-5-3-4-17(13-19)18-10-11-20-21(14-18)26-27-22(20)25-23(29)15-6-8-16(9-7-15)24(30)28-31/h3-11,13-14,31H,2,12H2,1H3,(H,28,30)(H2,25,26,27,29). The fourth-order valence-corrected chi connectivity index (χ4v) is 3.30. The lowest BCUT2D eigenvalue weighted by Crippen LogP contribution is -2.19. The molecule has 4 aromatic rings. The quantitative estimate of drug-likeness (QED) is 0.256. The van der Waals surface area contributed by atoms with E-state index in [1.165, 1.54) is 24.3 Å². The van der Waals surface area contributed by atoms with Gasteiger partial charge in [0.1, 0.15) is 5.75 Å². The van der Waals surface area contributed by atoms with Crippen LogP contribution in [-0.2, 0) is 0 Å². The van der Waals surface area contributed by atoms with Gasteiger partial charge in [-0.3, -0.25) is 19.9 Å². The first-order valence-electron chi connectivity index (χ1n) is 10.2. The van der Waals surface area contributed by atoms with Crippen LogP contribution < -0.4 is 15.5 Å². The number of fused-ring (bicyclic) bond motifs is 1. The fraction of sp³-hybridized carbons (Fsp3) is 0.125. The molecular weight excluding hydrogens is 408 g/mol. The van der Waals surface area contributed by atoms with Crippen molar-refractivity contribution in [1.29, 1.82) is 0 Å². The number of carbonyl (C=O) groups excluding carboxylic acids is 2. The number of nitrogens with zero attached hydrogens (tertiary/aromatic N) is 1. The summed E-state index contributed by atoms with van der Waals surface area (Å²) in [6.45, 7) is 2.74. The van der Waals surface area contributed by atoms with E-state index in [0.29, 0.717) is 18.0 Å². The summed E-state index contributed by atoms with van der Waals surface area (Å²) in [5.74, 6) is 0.228. The van der Waals surface area contributed by atoms with Gasteiger partial charge in [-0.15, -0.1) is 0 Å². The van der Waals surface area contributed by atoms with Gasteiger partial charge in [-0.2, -0.15) is 5.10 Å². The first kappa shape index (κ1) is 21.1. The zero-order chi connectivity index (χ0) is 22.5. The van der Waals surface area contributed by atoms with Crippen LogP contribution in [0.3, 0.4) is 0 Å². The molecule has 0 saturated carbocycles. The van der Waals surface area contributed by atoms with E-state index in [0.717, 1.165) is 34.2 Å². The van der Waals surface area contributed by atoms with Gasteiger partial charge in [-0.25, -0.2) is 5.48 Å². The van der Waals surface area contributed by atoms with Crippen molar-refractivity contribution in [2.45, 2.75) is 13.3 Å². The van der Waals surface area contributed by atoms with Gasteiger partial charge in [-0.1, -0.05) is 25.1 Å². The van der Waals surface area contributed by atoms with Gasteiger partial charge in [0.2, 0.25) is 0 Å². The van der Waals surface area contributed by atoms with Crippen LogP contribution in [0.15, 0.2) is 66.7 Å². The number of amides is 2. The van der Waals surface area contributed by atoms with E-state index in [1.54, 1.807) is 5.48 Å². The molecule has 162 valence electrons. The third-order valence-electron chi connectivity index (χ3n) is 4.95. The molecule has 4 rings (SSSR count). The van der Waals surface area contributed by atoms with Gasteiger partial charge in [0.15, 0.2) is 5.82 Å². The van der Waals surface area contributed by atoms with Crippen LogP contribution in [0.1, 0.15) is 34.1 Å². The van der Waals surface area contributed by atoms with Crippen molar-refractivity contribution in [2.75, 3.05) is 11.9 Å². The van der Waals surface area contributed by atoms with E-state index in [4.69, 9.17) is 9.94 Å². The molecule has 0 saturated heterocycles. The van der Waals surface area contributed by atoms with Crippen molar-refractivity contribution in [3.63, 3.8) is 0 Å². The lowest BCUT2D eigenvalue weighted by Gasteiger charge is -2.08. The molecule has 32 heavy (non-hydrogen) atoms. The van der Waals surface area contributed by atoms with Gasteiger partial charge in [0, 0.05) is 16.5 Å². The van der Waals surface area contributed by atoms with Crippen molar-refractivity contribution in [3.8, 4) is 16.9 Å². The summed E-state index contributed by atoms with van der Waals surface area (Å²) in [5.41, 5.74) is 4.96. The van der Waals surface area contributed by atoms with Crippen molar-refractivity contribution < 1.29 is 19.5 Å². The number of hydroxylamine groups is 1. The average Bonchev–Trinajstić information content (AvgIpc) is 3.24. The van der Waals surface area contributed by atoms with Gasteiger partial charge in [-0.05, 0) is 66.1 Å². The number of aromatic nitrogens is 2. The Morgan fingerprint density at radius 1 is 0.969 bits per heavy atom. The largest absolute Gasteiger partial charge is 0.494 e. The number of carbonyl (C=O) groups is 2. The van der Waals surface area contributed by atoms with Crippen LogP contribution in [0.25, 0.3) is 22.0 Å². The molecule has 0 aliphatic rings. The Morgan fingerprint density at radius 3 is 2.41 bits per heavy atom. The highest BCUT2D eigenvalue weighted by Gasteiger charge is 2.13. The summed E-state index contributed by atoms with van der Waals surface area (Å²) in [5, 5.41) is 19.4. The molecule has 8 heteroatoms. The van der Waals surface area contributed by atoms with Crippen LogP contribution in [-0.4, -0.2) is 33.8 Å². The fourth-order valence-electron chi connectivity index (χ4n) is 3.30. The third-order valence-corrected chi connectivity index (χ3v) is 4.95. The number of H-pyrrole nitrogens is 1. The Bertz CT molecular complexity index is 1260. The second kappa shape index (κ2) is 9.32. The van der Waals surface area contributed by atoms with E-state index >= 15 is 0 Å². The minimum atomic E-state index is -0.645. The summed E-state index contributed by atoms with van der Waals surface area (Å²) < 4.78 is 5.72. The second-order valence-electron chi connectivity index (χ2n) is 7.18. The van der Waals surface area contributed by atoms with Crippen LogP contribution in [0, 0.1) is 0 Å². The van der Waals surface area contributed by atoms with Gasteiger partial charge >= 0.3 is 0 Å². The molecule has 0 bridgehead atoms. The molecule has 0 aliphatic heterocycles. The van der Waals surface area contributed by atoms with Crippen molar-refractivity contribution >= 4 is 28.5 Å². The second-order valence-corrected chi connectivity index (χ2v) is 7.18. The molecule has 0 fully saturated rings. The maximum Gasteiger partial charge on any atom is 0.274 e. The lowest BCUT2D eigenvalue weighted by atomic mass is 10.0. The molecule has 0 atom stereocenters. The summed E-state index contributed by atoms with van der Waals surface area (Å²) in [6, 6.07) is 19.6. The predicted octanol–water partition coefficient (Wildman–Crippen LogP) is 4.39. The lowest BCUT2D eigenvalue weighted by molar-refractivity contribution is 0.0706. The summed E-state index contributed by atoms with van der Waals surface area (Å²) in [4.78, 5) is 24.0. The number of rotatable bonds is 7. The number of anilines is 1. The summed E-state index contributed by atoms with van der Waals surface area (Å²) >= 11 is 0. The molecule has 1 heterocycles. The summed E-state index contributed by atoms with van der Waals surface area (Å²) in [6.07, 6.45) is 0.945. The molecule has 3 aromatic carbocycles. The first-order chi connectivity index (χ1) is 15.6. The van der Waals surface area contributed by atoms with Gasteiger partial charge < -0.3 is 10.1 Å². The van der Waals surface area contributed by atoms with Gasteiger partial charge in [0.25, 0.3) is 11.8 Å². The number of benzene rings is 3.